The number of hydrogen-bond donors (Lipinski definition) is 0. The van der Waals surface area contributed by atoms with Gasteiger partial charge in [-0.2, -0.15) is 0 Å². The van der Waals surface area contributed by atoms with E-state index >= 15 is 0 Å². The number of ketones is 1. The molecule has 0 aliphatic heterocycles. The summed E-state index contributed by atoms with van der Waals surface area (Å²) in [5.41, 5.74) is 2.05. The van der Waals surface area contributed by atoms with Gasteiger partial charge in [-0.1, -0.05) is 0 Å². The average molecular weight is 437 g/mol. The first-order valence-electron chi connectivity index (χ1n) is 8.09. The van der Waals surface area contributed by atoms with Crippen molar-refractivity contribution < 1.29 is 28.5 Å². The molecule has 0 heterocycles. The summed E-state index contributed by atoms with van der Waals surface area (Å²) in [6.45, 7) is 3.10. The maximum atomic E-state index is 13.4. The highest BCUT2D eigenvalue weighted by atomic mass is 79.9. The molecule has 0 saturated heterocycles. The van der Waals surface area contributed by atoms with Crippen molar-refractivity contribution >= 4 is 27.7 Å². The number of hydrogen-bond acceptors (Lipinski definition) is 6. The van der Waals surface area contributed by atoms with E-state index in [0.29, 0.717) is 38.4 Å². The molecule has 27 heavy (non-hydrogen) atoms. The molecule has 0 spiro atoms. The molecular weight excluding hydrogens is 416 g/mol. The van der Waals surface area contributed by atoms with E-state index in [9.17, 15) is 9.59 Å². The molecule has 0 radical (unpaired) electrons. The van der Waals surface area contributed by atoms with E-state index in [4.69, 9.17) is 18.9 Å². The van der Waals surface area contributed by atoms with Crippen molar-refractivity contribution in [1.29, 1.82) is 0 Å². The fraction of sp³-hybridized carbons (Fsp3) is 0.300. The highest BCUT2D eigenvalue weighted by molar-refractivity contribution is 9.10. The Morgan fingerprint density at radius 3 is 2.15 bits per heavy atom. The Morgan fingerprint density at radius 1 is 0.963 bits per heavy atom. The van der Waals surface area contributed by atoms with Crippen molar-refractivity contribution in [2.75, 3.05) is 21.3 Å². The number of carbonyl (C=O) groups is 2. The smallest absolute Gasteiger partial charge is 0.302 e. The maximum absolute atomic E-state index is 13.4. The van der Waals surface area contributed by atoms with E-state index in [0.717, 1.165) is 5.56 Å². The summed E-state index contributed by atoms with van der Waals surface area (Å²) < 4.78 is 21.7. The minimum atomic E-state index is -0.450. The standard InChI is InChI=1S/C20H21BrO6/c1-11-6-14(24-3)8-16(19(11)21)20(23)18-13(10-27-12(2)22)7-15(25-4)9-17(18)26-5/h6-9H,10H2,1-5H3. The van der Waals surface area contributed by atoms with E-state index in [2.05, 4.69) is 15.9 Å². The van der Waals surface area contributed by atoms with Gasteiger partial charge >= 0.3 is 5.97 Å². The lowest BCUT2D eigenvalue weighted by Gasteiger charge is -2.17. The van der Waals surface area contributed by atoms with E-state index < -0.39 is 5.97 Å². The van der Waals surface area contributed by atoms with Gasteiger partial charge in [0.15, 0.2) is 5.78 Å². The predicted molar refractivity (Wildman–Crippen MR) is 104 cm³/mol. The van der Waals surface area contributed by atoms with Crippen LogP contribution >= 0.6 is 15.9 Å². The third kappa shape index (κ3) is 4.60. The number of halogens is 1. The third-order valence-electron chi connectivity index (χ3n) is 3.98. The summed E-state index contributed by atoms with van der Waals surface area (Å²) in [5.74, 6) is 0.646. The van der Waals surface area contributed by atoms with Crippen molar-refractivity contribution in [1.82, 2.24) is 0 Å². The Balaban J connectivity index is 2.66. The van der Waals surface area contributed by atoms with Gasteiger partial charge in [-0.3, -0.25) is 9.59 Å². The van der Waals surface area contributed by atoms with E-state index in [1.807, 2.05) is 13.0 Å². The molecule has 2 rings (SSSR count). The van der Waals surface area contributed by atoms with Gasteiger partial charge in [0.1, 0.15) is 23.9 Å². The van der Waals surface area contributed by atoms with Gasteiger partial charge in [0.25, 0.3) is 0 Å². The quantitative estimate of drug-likeness (QED) is 0.480. The fourth-order valence-electron chi connectivity index (χ4n) is 2.63. The average Bonchev–Trinajstić information content (AvgIpc) is 2.66. The van der Waals surface area contributed by atoms with E-state index in [1.54, 1.807) is 18.2 Å². The fourth-order valence-corrected chi connectivity index (χ4v) is 3.04. The van der Waals surface area contributed by atoms with Crippen molar-refractivity contribution in [3.63, 3.8) is 0 Å². The van der Waals surface area contributed by atoms with Gasteiger partial charge in [-0.25, -0.2) is 0 Å². The summed E-state index contributed by atoms with van der Waals surface area (Å²) in [4.78, 5) is 24.7. The molecule has 0 saturated carbocycles. The maximum Gasteiger partial charge on any atom is 0.302 e. The molecule has 0 aliphatic carbocycles. The lowest BCUT2D eigenvalue weighted by atomic mass is 9.96. The Bertz CT molecular complexity index is 875. The molecule has 0 bridgehead atoms. The number of aryl methyl sites for hydroxylation is 1. The van der Waals surface area contributed by atoms with Crippen LogP contribution in [0, 0.1) is 6.92 Å². The Labute approximate surface area is 166 Å². The normalized spacial score (nSPS) is 10.3. The number of esters is 1. The second-order valence-corrected chi connectivity index (χ2v) is 6.57. The van der Waals surface area contributed by atoms with Crippen molar-refractivity contribution in [3.8, 4) is 17.2 Å². The van der Waals surface area contributed by atoms with Gasteiger partial charge < -0.3 is 18.9 Å². The zero-order valence-electron chi connectivity index (χ0n) is 15.8. The van der Waals surface area contributed by atoms with Crippen molar-refractivity contribution in [3.05, 3.63) is 51.0 Å². The minimum absolute atomic E-state index is 0.0788. The van der Waals surface area contributed by atoms with Crippen molar-refractivity contribution in [2.45, 2.75) is 20.5 Å². The van der Waals surface area contributed by atoms with Gasteiger partial charge in [-0.05, 0) is 46.6 Å². The monoisotopic (exact) mass is 436 g/mol. The molecule has 0 atom stereocenters. The second kappa shape index (κ2) is 8.90. The highest BCUT2D eigenvalue weighted by Crippen LogP contribution is 2.35. The Morgan fingerprint density at radius 2 is 1.59 bits per heavy atom. The molecule has 2 aromatic carbocycles. The molecular formula is C20H21BrO6. The lowest BCUT2D eigenvalue weighted by Crippen LogP contribution is -2.12. The SMILES string of the molecule is COc1cc(COC(C)=O)c(C(=O)c2cc(OC)cc(C)c2Br)c(OC)c1. The topological polar surface area (TPSA) is 71.1 Å². The summed E-state index contributed by atoms with van der Waals surface area (Å²) in [6.07, 6.45) is 0. The summed E-state index contributed by atoms with van der Waals surface area (Å²) in [6, 6.07) is 6.75. The van der Waals surface area contributed by atoms with Crippen LogP contribution in [0.25, 0.3) is 0 Å². The van der Waals surface area contributed by atoms with Crippen LogP contribution in [0.1, 0.15) is 34.0 Å². The summed E-state index contributed by atoms with van der Waals surface area (Å²) in [5, 5.41) is 0. The van der Waals surface area contributed by atoms with Crippen LogP contribution in [0.2, 0.25) is 0 Å². The van der Waals surface area contributed by atoms with Crippen molar-refractivity contribution in [2.24, 2.45) is 0 Å². The van der Waals surface area contributed by atoms with Crippen LogP contribution < -0.4 is 14.2 Å². The van der Waals surface area contributed by atoms with E-state index in [1.165, 1.54) is 28.3 Å². The molecule has 2 aromatic rings. The minimum Gasteiger partial charge on any atom is -0.497 e. The number of ether oxygens (including phenoxy) is 4. The van der Waals surface area contributed by atoms with Gasteiger partial charge in [0.2, 0.25) is 0 Å². The second-order valence-electron chi connectivity index (χ2n) is 5.78. The molecule has 6 nitrogen and oxygen atoms in total. The molecule has 144 valence electrons. The highest BCUT2D eigenvalue weighted by Gasteiger charge is 2.24. The molecule has 0 aromatic heterocycles. The van der Waals surface area contributed by atoms with Crippen LogP contribution in [0.15, 0.2) is 28.7 Å². The molecule has 0 aliphatic rings. The zero-order chi connectivity index (χ0) is 20.1. The third-order valence-corrected chi connectivity index (χ3v) is 5.03. The van der Waals surface area contributed by atoms with Gasteiger partial charge in [0, 0.05) is 28.6 Å². The van der Waals surface area contributed by atoms with Crippen LogP contribution in [0.3, 0.4) is 0 Å². The number of benzene rings is 2. The lowest BCUT2D eigenvalue weighted by molar-refractivity contribution is -0.142. The molecule has 0 amide bonds. The van der Waals surface area contributed by atoms with Gasteiger partial charge in [0.05, 0.1) is 26.9 Å². The molecule has 0 unspecified atom stereocenters. The molecule has 7 heteroatoms. The Hall–Kier alpha value is -2.54. The molecule has 0 N–H and O–H groups in total. The first kappa shape index (κ1) is 20.8. The molecule has 0 fully saturated rings. The number of rotatable bonds is 7. The summed E-state index contributed by atoms with van der Waals surface area (Å²) in [7, 11) is 4.51. The largest absolute Gasteiger partial charge is 0.497 e. The zero-order valence-corrected chi connectivity index (χ0v) is 17.4. The predicted octanol–water partition coefficient (Wildman–Crippen LogP) is 4.08. The van der Waals surface area contributed by atoms with Crippen LogP contribution in [-0.2, 0) is 16.1 Å². The number of carbonyl (C=O) groups excluding carboxylic acids is 2. The van der Waals surface area contributed by atoms with Crippen LogP contribution in [-0.4, -0.2) is 33.1 Å². The van der Waals surface area contributed by atoms with Gasteiger partial charge in [-0.15, -0.1) is 0 Å². The first-order valence-corrected chi connectivity index (χ1v) is 8.88. The van der Waals surface area contributed by atoms with Crippen LogP contribution in [0.4, 0.5) is 0 Å². The summed E-state index contributed by atoms with van der Waals surface area (Å²) >= 11 is 3.48. The van der Waals surface area contributed by atoms with E-state index in [-0.39, 0.29) is 12.4 Å². The Kier molecular flexibility index (Phi) is 6.85. The first-order chi connectivity index (χ1) is 12.8. The number of methoxy groups -OCH3 is 3. The van der Waals surface area contributed by atoms with Crippen LogP contribution in [0.5, 0.6) is 17.2 Å².